The predicted molar refractivity (Wildman–Crippen MR) is 114 cm³/mol. The number of carbonyl (C=O) groups is 1. The third kappa shape index (κ3) is 7.57. The fourth-order valence-electron chi connectivity index (χ4n) is 3.40. The van der Waals surface area contributed by atoms with Crippen molar-refractivity contribution in [3.63, 3.8) is 0 Å². The molecule has 7 nitrogen and oxygen atoms in total. The zero-order chi connectivity index (χ0) is 25.9. The predicted octanol–water partition coefficient (Wildman–Crippen LogP) is 5.43. The molecular weight excluding hydrogens is 504 g/mol. The molecule has 0 aromatic heterocycles. The fourth-order valence-corrected chi connectivity index (χ4v) is 4.44. The van der Waals surface area contributed by atoms with E-state index in [1.807, 2.05) is 0 Å². The Labute approximate surface area is 196 Å². The number of urea groups is 1. The number of nitrogens with one attached hydrogen (secondary N) is 3. The maximum atomic E-state index is 12.9. The Kier molecular flexibility index (Phi) is 7.97. The SMILES string of the molecule is O=C(Nc1cccc(C(F)(F)F)c1)Nc1cc(S(=O)(=O)NCC(F)(F)F)ccc1C1CCCCO1. The quantitative estimate of drug-likeness (QED) is 0.438. The molecule has 3 N–H and O–H groups in total. The Balaban J connectivity index is 1.87. The molecule has 1 saturated heterocycles. The second-order valence-corrected chi connectivity index (χ2v) is 9.47. The summed E-state index contributed by atoms with van der Waals surface area (Å²) in [5.74, 6) is 0. The van der Waals surface area contributed by atoms with Gasteiger partial charge in [-0.15, -0.1) is 0 Å². The van der Waals surface area contributed by atoms with Crippen LogP contribution >= 0.6 is 0 Å². The lowest BCUT2D eigenvalue weighted by Crippen LogP contribution is -2.33. The number of benzene rings is 2. The third-order valence-corrected chi connectivity index (χ3v) is 6.42. The van der Waals surface area contributed by atoms with Gasteiger partial charge in [-0.05, 0) is 49.6 Å². The summed E-state index contributed by atoms with van der Waals surface area (Å²) in [5, 5.41) is 4.61. The van der Waals surface area contributed by atoms with Gasteiger partial charge in [0, 0.05) is 23.5 Å². The number of halogens is 6. The van der Waals surface area contributed by atoms with E-state index in [2.05, 4.69) is 10.6 Å². The molecule has 2 aromatic rings. The van der Waals surface area contributed by atoms with Crippen LogP contribution < -0.4 is 15.4 Å². The van der Waals surface area contributed by atoms with Crippen LogP contribution in [0.4, 0.5) is 42.5 Å². The largest absolute Gasteiger partial charge is 0.416 e. The van der Waals surface area contributed by atoms with E-state index in [0.29, 0.717) is 24.7 Å². The highest BCUT2D eigenvalue weighted by Crippen LogP contribution is 2.35. The Morgan fingerprint density at radius 3 is 2.37 bits per heavy atom. The van der Waals surface area contributed by atoms with Crippen molar-refractivity contribution < 1.29 is 44.3 Å². The van der Waals surface area contributed by atoms with E-state index in [-0.39, 0.29) is 11.4 Å². The van der Waals surface area contributed by atoms with Crippen molar-refractivity contribution in [3.8, 4) is 0 Å². The fraction of sp³-hybridized carbons (Fsp3) is 0.381. The Hall–Kier alpha value is -2.84. The molecule has 0 radical (unpaired) electrons. The Morgan fingerprint density at radius 2 is 1.74 bits per heavy atom. The number of hydrogen-bond acceptors (Lipinski definition) is 4. The molecule has 14 heteroatoms. The zero-order valence-electron chi connectivity index (χ0n) is 18.0. The topological polar surface area (TPSA) is 96.5 Å². The van der Waals surface area contributed by atoms with Gasteiger partial charge < -0.3 is 15.4 Å². The summed E-state index contributed by atoms with van der Waals surface area (Å²) >= 11 is 0. The third-order valence-electron chi connectivity index (χ3n) is 5.02. The summed E-state index contributed by atoms with van der Waals surface area (Å²) in [7, 11) is -4.59. The first-order valence-corrected chi connectivity index (χ1v) is 11.8. The minimum absolute atomic E-state index is 0.0729. The molecule has 35 heavy (non-hydrogen) atoms. The zero-order valence-corrected chi connectivity index (χ0v) is 18.8. The van der Waals surface area contributed by atoms with Crippen LogP contribution in [0, 0.1) is 0 Å². The first kappa shape index (κ1) is 26.8. The van der Waals surface area contributed by atoms with Crippen LogP contribution in [0.1, 0.15) is 36.5 Å². The van der Waals surface area contributed by atoms with Gasteiger partial charge in [-0.25, -0.2) is 17.9 Å². The minimum atomic E-state index is -4.78. The molecule has 2 aromatic carbocycles. The summed E-state index contributed by atoms with van der Waals surface area (Å²) in [4.78, 5) is 12.0. The van der Waals surface area contributed by atoms with Crippen molar-refractivity contribution in [1.82, 2.24) is 4.72 Å². The van der Waals surface area contributed by atoms with Crippen molar-refractivity contribution in [1.29, 1.82) is 0 Å². The number of ether oxygens (including phenoxy) is 1. The molecule has 1 atom stereocenters. The number of hydrogen-bond donors (Lipinski definition) is 3. The van der Waals surface area contributed by atoms with E-state index in [9.17, 15) is 39.6 Å². The smallest absolute Gasteiger partial charge is 0.373 e. The number of rotatable bonds is 6. The van der Waals surface area contributed by atoms with Crippen LogP contribution in [0.5, 0.6) is 0 Å². The number of anilines is 2. The normalized spacial score (nSPS) is 17.1. The lowest BCUT2D eigenvalue weighted by Gasteiger charge is -2.25. The highest BCUT2D eigenvalue weighted by Gasteiger charge is 2.32. The average molecular weight is 525 g/mol. The first-order valence-electron chi connectivity index (χ1n) is 10.3. The monoisotopic (exact) mass is 525 g/mol. The summed E-state index contributed by atoms with van der Waals surface area (Å²) in [6.45, 7) is -1.38. The van der Waals surface area contributed by atoms with E-state index < -0.39 is 51.5 Å². The van der Waals surface area contributed by atoms with Gasteiger partial charge in [-0.1, -0.05) is 12.1 Å². The summed E-state index contributed by atoms with van der Waals surface area (Å²) in [6.07, 6.45) is -7.81. The van der Waals surface area contributed by atoms with Crippen LogP contribution in [-0.4, -0.2) is 33.8 Å². The highest BCUT2D eigenvalue weighted by atomic mass is 32.2. The second-order valence-electron chi connectivity index (χ2n) is 7.70. The lowest BCUT2D eigenvalue weighted by molar-refractivity contribution is -0.137. The number of alkyl halides is 6. The van der Waals surface area contributed by atoms with Crippen LogP contribution in [0.15, 0.2) is 47.4 Å². The number of amides is 2. The molecule has 1 aliphatic rings. The van der Waals surface area contributed by atoms with Crippen molar-refractivity contribution in [2.75, 3.05) is 23.8 Å². The number of carbonyl (C=O) groups excluding carboxylic acids is 1. The number of sulfonamides is 1. The molecular formula is C21H21F6N3O4S. The molecule has 192 valence electrons. The van der Waals surface area contributed by atoms with Gasteiger partial charge in [-0.2, -0.15) is 26.3 Å². The maximum Gasteiger partial charge on any atom is 0.416 e. The van der Waals surface area contributed by atoms with Crippen molar-refractivity contribution in [2.24, 2.45) is 0 Å². The second kappa shape index (κ2) is 10.4. The molecule has 0 saturated carbocycles. The summed E-state index contributed by atoms with van der Waals surface area (Å²) in [5.41, 5.74) is -0.867. The van der Waals surface area contributed by atoms with Crippen LogP contribution in [0.2, 0.25) is 0 Å². The first-order chi connectivity index (χ1) is 16.2. The van der Waals surface area contributed by atoms with Gasteiger partial charge in [0.05, 0.1) is 16.6 Å². The van der Waals surface area contributed by atoms with E-state index >= 15 is 0 Å². The van der Waals surface area contributed by atoms with Crippen molar-refractivity contribution in [2.45, 2.75) is 42.6 Å². The van der Waals surface area contributed by atoms with Crippen LogP contribution in [-0.2, 0) is 20.9 Å². The molecule has 0 aliphatic carbocycles. The highest BCUT2D eigenvalue weighted by molar-refractivity contribution is 7.89. The molecule has 3 rings (SSSR count). The maximum absolute atomic E-state index is 12.9. The molecule has 0 bridgehead atoms. The molecule has 1 unspecified atom stereocenters. The molecule has 2 amide bonds. The summed E-state index contributed by atoms with van der Waals surface area (Å²) in [6, 6.07) is 6.24. The van der Waals surface area contributed by atoms with Crippen molar-refractivity contribution in [3.05, 3.63) is 53.6 Å². The van der Waals surface area contributed by atoms with E-state index in [1.54, 1.807) is 0 Å². The van der Waals surface area contributed by atoms with E-state index in [4.69, 9.17) is 4.74 Å². The molecule has 0 spiro atoms. The van der Waals surface area contributed by atoms with Gasteiger partial charge in [-0.3, -0.25) is 0 Å². The van der Waals surface area contributed by atoms with Gasteiger partial charge in [0.1, 0.15) is 6.54 Å². The summed E-state index contributed by atoms with van der Waals surface area (Å²) < 4.78 is 108. The van der Waals surface area contributed by atoms with Gasteiger partial charge >= 0.3 is 18.4 Å². The van der Waals surface area contributed by atoms with Crippen LogP contribution in [0.3, 0.4) is 0 Å². The standard InChI is InChI=1S/C21H21F6N3O4S/c22-20(23,24)12-28-35(32,33)15-7-8-16(18-6-1-2-9-34-18)17(11-15)30-19(31)29-14-5-3-4-13(10-14)21(25,26)27/h3-5,7-8,10-11,18,28H,1-2,6,9,12H2,(H2,29,30,31). The molecule has 1 heterocycles. The van der Waals surface area contributed by atoms with Gasteiger partial charge in [0.15, 0.2) is 0 Å². The van der Waals surface area contributed by atoms with Gasteiger partial charge in [0.2, 0.25) is 10.0 Å². The minimum Gasteiger partial charge on any atom is -0.373 e. The van der Waals surface area contributed by atoms with Gasteiger partial charge in [0.25, 0.3) is 0 Å². The Bertz CT molecular complexity index is 1160. The van der Waals surface area contributed by atoms with Crippen LogP contribution in [0.25, 0.3) is 0 Å². The molecule has 1 aliphatic heterocycles. The van der Waals surface area contributed by atoms with E-state index in [1.165, 1.54) is 16.9 Å². The molecule has 1 fully saturated rings. The lowest BCUT2D eigenvalue weighted by atomic mass is 10.00. The van der Waals surface area contributed by atoms with Crippen molar-refractivity contribution >= 4 is 27.4 Å². The average Bonchev–Trinajstić information content (AvgIpc) is 2.77. The Morgan fingerprint density at radius 1 is 1.00 bits per heavy atom. The van der Waals surface area contributed by atoms with E-state index in [0.717, 1.165) is 37.1 Å².